The van der Waals surface area contributed by atoms with E-state index in [9.17, 15) is 14.7 Å². The van der Waals surface area contributed by atoms with Crippen molar-refractivity contribution in [3.05, 3.63) is 42.5 Å². The Labute approximate surface area is 267 Å². The highest BCUT2D eigenvalue weighted by Crippen LogP contribution is 2.68. The lowest BCUT2D eigenvalue weighted by Gasteiger charge is -2.63. The van der Waals surface area contributed by atoms with Crippen LogP contribution in [0.2, 0.25) is 0 Å². The van der Waals surface area contributed by atoms with Crippen LogP contribution in [-0.2, 0) is 18.9 Å². The average molecular weight is 625 g/mol. The van der Waals surface area contributed by atoms with E-state index in [1.54, 1.807) is 12.1 Å². The van der Waals surface area contributed by atoms with E-state index in [4.69, 9.17) is 18.9 Å². The van der Waals surface area contributed by atoms with Crippen LogP contribution in [0.3, 0.4) is 0 Å². The number of benzene rings is 1. The van der Waals surface area contributed by atoms with Gasteiger partial charge in [-0.05, 0) is 66.9 Å². The van der Waals surface area contributed by atoms with Crippen molar-refractivity contribution in [3.8, 4) is 0 Å². The van der Waals surface area contributed by atoms with Gasteiger partial charge in [-0.3, -0.25) is 5.32 Å². The van der Waals surface area contributed by atoms with E-state index in [0.717, 1.165) is 25.7 Å². The zero-order valence-corrected chi connectivity index (χ0v) is 27.7. The predicted octanol–water partition coefficient (Wildman–Crippen LogP) is 6.52. The molecule has 1 saturated heterocycles. The molecule has 4 unspecified atom stereocenters. The number of ether oxygens (including phenoxy) is 4. The minimum Gasteiger partial charge on any atom is -0.446 e. The normalized spacial score (nSPS) is 41.1. The molecule has 45 heavy (non-hydrogen) atoms. The number of rotatable bonds is 5. The molecule has 6 rings (SSSR count). The number of amides is 2. The third kappa shape index (κ3) is 5.67. The summed E-state index contributed by atoms with van der Waals surface area (Å²) in [5.41, 5.74) is -1.30. The van der Waals surface area contributed by atoms with Crippen LogP contribution in [0.4, 0.5) is 15.3 Å². The molecule has 3 saturated carbocycles. The molecule has 1 aromatic carbocycles. The minimum absolute atomic E-state index is 0.0382. The number of aliphatic hydroxyl groups is 1. The molecule has 1 heterocycles. The van der Waals surface area contributed by atoms with Crippen LogP contribution < -0.4 is 10.6 Å². The van der Waals surface area contributed by atoms with Crippen molar-refractivity contribution in [2.24, 2.45) is 45.8 Å². The largest absolute Gasteiger partial charge is 0.446 e. The number of hydrogen-bond acceptors (Lipinski definition) is 7. The first-order valence-electron chi connectivity index (χ1n) is 16.9. The maximum Gasteiger partial charge on any atom is 0.411 e. The van der Waals surface area contributed by atoms with Gasteiger partial charge in [-0.15, -0.1) is 0 Å². The van der Waals surface area contributed by atoms with E-state index in [2.05, 4.69) is 51.3 Å². The molecule has 1 aromatic rings. The standard InChI is InChI=1S/C36H52N2O7/c1-22(30-42-20-33(2,3)21-43-30)26-12-13-27-25-14-17-36(41)19-24(44-31(39)37-6)18-29(35(36,5)28(25)15-16-34(26,27)4)45-32(40)38-23-10-8-7-9-11-23/h7-11,14,17,22,24-30,41H,12-13,15-16,18-21H2,1-6H3,(H,37,39)(H,38,40)/t22?,24?,25-,26+,27-,28-,29?,34+,35-,36?/m0/s1. The molecule has 3 N–H and O–H groups in total. The van der Waals surface area contributed by atoms with E-state index in [-0.39, 0.29) is 41.3 Å². The van der Waals surface area contributed by atoms with Crippen LogP contribution in [0.15, 0.2) is 42.5 Å². The minimum atomic E-state index is -1.31. The number of fused-ring (bicyclic) bond motifs is 5. The third-order valence-electron chi connectivity index (χ3n) is 12.5. The van der Waals surface area contributed by atoms with E-state index < -0.39 is 35.4 Å². The average Bonchev–Trinajstić information content (AvgIpc) is 3.35. The van der Waals surface area contributed by atoms with E-state index in [1.807, 2.05) is 24.3 Å². The maximum absolute atomic E-state index is 13.3. The highest BCUT2D eigenvalue weighted by molar-refractivity contribution is 5.84. The number of allylic oxidation sites excluding steroid dienone is 1. The molecular weight excluding hydrogens is 572 g/mol. The van der Waals surface area contributed by atoms with Gasteiger partial charge in [0.15, 0.2) is 6.29 Å². The van der Waals surface area contributed by atoms with E-state index in [1.165, 1.54) is 7.05 Å². The second-order valence-corrected chi connectivity index (χ2v) is 15.7. The van der Waals surface area contributed by atoms with Gasteiger partial charge in [0, 0.05) is 42.3 Å². The van der Waals surface area contributed by atoms with Crippen LogP contribution >= 0.6 is 0 Å². The summed E-state index contributed by atoms with van der Waals surface area (Å²) in [7, 11) is 1.51. The molecule has 5 aliphatic rings. The third-order valence-corrected chi connectivity index (χ3v) is 12.5. The van der Waals surface area contributed by atoms with Crippen LogP contribution in [-0.4, -0.2) is 61.7 Å². The summed E-state index contributed by atoms with van der Waals surface area (Å²) in [6.07, 6.45) is 6.31. The first-order valence-corrected chi connectivity index (χ1v) is 16.9. The second kappa shape index (κ2) is 11.9. The Morgan fingerprint density at radius 1 is 0.978 bits per heavy atom. The number of anilines is 1. The van der Waals surface area contributed by atoms with Gasteiger partial charge < -0.3 is 29.4 Å². The Morgan fingerprint density at radius 3 is 2.38 bits per heavy atom. The monoisotopic (exact) mass is 624 g/mol. The van der Waals surface area contributed by atoms with Crippen LogP contribution in [0, 0.1) is 45.8 Å². The molecule has 1 aliphatic heterocycles. The van der Waals surface area contributed by atoms with Gasteiger partial charge in [0.1, 0.15) is 12.2 Å². The van der Waals surface area contributed by atoms with Crippen LogP contribution in [0.5, 0.6) is 0 Å². The Balaban J connectivity index is 1.26. The van der Waals surface area contributed by atoms with Crippen LogP contribution in [0.25, 0.3) is 0 Å². The van der Waals surface area contributed by atoms with Gasteiger partial charge >= 0.3 is 12.2 Å². The van der Waals surface area contributed by atoms with Gasteiger partial charge in [0.05, 0.1) is 18.8 Å². The van der Waals surface area contributed by atoms with Gasteiger partial charge in [-0.2, -0.15) is 0 Å². The molecule has 248 valence electrons. The highest BCUT2D eigenvalue weighted by atomic mass is 16.7. The fourth-order valence-electron chi connectivity index (χ4n) is 10.0. The highest BCUT2D eigenvalue weighted by Gasteiger charge is 2.67. The summed E-state index contributed by atoms with van der Waals surface area (Å²) in [6, 6.07) is 9.20. The first-order chi connectivity index (χ1) is 21.3. The van der Waals surface area contributed by atoms with Gasteiger partial charge in [-0.25, -0.2) is 9.59 Å². The molecule has 4 aliphatic carbocycles. The topological polar surface area (TPSA) is 115 Å². The number of nitrogens with one attached hydrogen (secondary N) is 2. The van der Waals surface area contributed by atoms with E-state index in [0.29, 0.717) is 37.2 Å². The summed E-state index contributed by atoms with van der Waals surface area (Å²) in [5, 5.41) is 17.8. The van der Waals surface area contributed by atoms with Crippen molar-refractivity contribution in [3.63, 3.8) is 0 Å². The Morgan fingerprint density at radius 2 is 1.69 bits per heavy atom. The van der Waals surface area contributed by atoms with Crippen molar-refractivity contribution < 1.29 is 33.6 Å². The number of para-hydroxylation sites is 1. The fraction of sp³-hybridized carbons (Fsp3) is 0.722. The molecule has 9 nitrogen and oxygen atoms in total. The van der Waals surface area contributed by atoms with Crippen molar-refractivity contribution in [2.45, 2.75) is 97.2 Å². The number of carbonyl (C=O) groups is 2. The molecule has 4 fully saturated rings. The molecule has 9 heteroatoms. The molecular formula is C36H52N2O7. The zero-order chi connectivity index (χ0) is 32.2. The lowest BCUT2D eigenvalue weighted by atomic mass is 9.44. The molecule has 0 spiro atoms. The number of carbonyl (C=O) groups excluding carboxylic acids is 2. The van der Waals surface area contributed by atoms with Crippen molar-refractivity contribution in [1.29, 1.82) is 0 Å². The summed E-state index contributed by atoms with van der Waals surface area (Å²) >= 11 is 0. The van der Waals surface area contributed by atoms with Crippen molar-refractivity contribution >= 4 is 17.9 Å². The number of alkyl carbamates (subject to hydrolysis) is 1. The zero-order valence-electron chi connectivity index (χ0n) is 27.7. The fourth-order valence-corrected chi connectivity index (χ4v) is 10.0. The summed E-state index contributed by atoms with van der Waals surface area (Å²) in [6.45, 7) is 12.6. The lowest BCUT2D eigenvalue weighted by molar-refractivity contribution is -0.254. The Bertz CT molecular complexity index is 1280. The summed E-state index contributed by atoms with van der Waals surface area (Å²) < 4.78 is 24.5. The van der Waals surface area contributed by atoms with Gasteiger partial charge in [0.2, 0.25) is 0 Å². The smallest absolute Gasteiger partial charge is 0.411 e. The Hall–Kier alpha value is -2.62. The van der Waals surface area contributed by atoms with Crippen molar-refractivity contribution in [1.82, 2.24) is 5.32 Å². The first kappa shape index (κ1) is 32.3. The molecule has 10 atom stereocenters. The SMILES string of the molecule is CNC(=O)OC1CC(OC(=O)Nc2ccccc2)[C@]2(C)[C@H]3CC[C@]4(C)[C@@H](C(C)C5OCC(C)(C)CO5)CC[C@H]4[C@@H]3C=CC2(O)C1. The van der Waals surface area contributed by atoms with E-state index >= 15 is 0 Å². The van der Waals surface area contributed by atoms with Crippen LogP contribution in [0.1, 0.15) is 73.1 Å². The molecule has 0 radical (unpaired) electrons. The maximum atomic E-state index is 13.3. The summed E-state index contributed by atoms with van der Waals surface area (Å²) in [4.78, 5) is 25.6. The van der Waals surface area contributed by atoms with Gasteiger partial charge in [0.25, 0.3) is 0 Å². The Kier molecular flexibility index (Phi) is 8.53. The molecule has 0 bridgehead atoms. The molecule has 2 amide bonds. The quantitative estimate of drug-likeness (QED) is 0.320. The van der Waals surface area contributed by atoms with Crippen molar-refractivity contribution in [2.75, 3.05) is 25.6 Å². The second-order valence-electron chi connectivity index (χ2n) is 15.7. The number of hydrogen-bond donors (Lipinski definition) is 3. The summed E-state index contributed by atoms with van der Waals surface area (Å²) in [5.74, 6) is 1.51. The lowest BCUT2D eigenvalue weighted by Crippen LogP contribution is -2.67. The molecule has 0 aromatic heterocycles. The predicted molar refractivity (Wildman–Crippen MR) is 170 cm³/mol. The van der Waals surface area contributed by atoms with Gasteiger partial charge in [-0.1, -0.05) is 65.0 Å².